The maximum absolute atomic E-state index is 11.4. The van der Waals surface area contributed by atoms with Crippen LogP contribution in [0.3, 0.4) is 0 Å². The predicted octanol–water partition coefficient (Wildman–Crippen LogP) is 0.985. The Bertz CT molecular complexity index is 335. The lowest BCUT2D eigenvalue weighted by molar-refractivity contribution is -0.150. The summed E-state index contributed by atoms with van der Waals surface area (Å²) in [7, 11) is -4.35. The summed E-state index contributed by atoms with van der Waals surface area (Å²) >= 11 is 0. The summed E-state index contributed by atoms with van der Waals surface area (Å²) in [6.45, 7) is 2.12. The van der Waals surface area contributed by atoms with Gasteiger partial charge in [0.2, 0.25) is 0 Å². The van der Waals surface area contributed by atoms with Gasteiger partial charge in [0, 0.05) is 6.42 Å². The number of aliphatic hydroxyl groups is 2. The van der Waals surface area contributed by atoms with Gasteiger partial charge >= 0.3 is 13.8 Å². The molecule has 0 aliphatic carbocycles. The molecule has 0 aromatic rings. The van der Waals surface area contributed by atoms with Gasteiger partial charge in [-0.05, 0) is 13.3 Å². The van der Waals surface area contributed by atoms with Crippen molar-refractivity contribution in [3.63, 3.8) is 0 Å². The molecule has 0 saturated carbocycles. The Labute approximate surface area is 124 Å². The van der Waals surface area contributed by atoms with Crippen molar-refractivity contribution in [3.05, 3.63) is 0 Å². The minimum atomic E-state index is -4.35. The molecule has 0 fully saturated rings. The van der Waals surface area contributed by atoms with Crippen LogP contribution in [0.1, 0.15) is 39.5 Å². The SMILES string of the molecule is CCCCCC(=O)O[C@H](C)COP(=O)(O)OC[C@@H](O)CO. The molecule has 21 heavy (non-hydrogen) atoms. The Kier molecular flexibility index (Phi) is 10.9. The van der Waals surface area contributed by atoms with Crippen LogP contribution in [-0.4, -0.2) is 53.1 Å². The van der Waals surface area contributed by atoms with Crippen molar-refractivity contribution in [2.75, 3.05) is 19.8 Å². The summed E-state index contributed by atoms with van der Waals surface area (Å²) in [5.74, 6) is -0.385. The molecule has 1 unspecified atom stereocenters. The standard InChI is InChI=1S/C12H25O8P/c1-3-4-5-6-12(15)20-10(2)8-18-21(16,17)19-9-11(14)7-13/h10-11,13-14H,3-9H2,1-2H3,(H,16,17)/t10-,11+/m1/s1. The molecule has 9 heteroatoms. The third-order valence-corrected chi connectivity index (χ3v) is 3.38. The predicted molar refractivity (Wildman–Crippen MR) is 74.5 cm³/mol. The Hall–Kier alpha value is -0.500. The van der Waals surface area contributed by atoms with Gasteiger partial charge in [0.05, 0.1) is 19.8 Å². The highest BCUT2D eigenvalue weighted by Crippen LogP contribution is 2.43. The second-order valence-electron chi connectivity index (χ2n) is 4.65. The Morgan fingerprint density at radius 2 is 1.86 bits per heavy atom. The number of esters is 1. The lowest BCUT2D eigenvalue weighted by Gasteiger charge is -2.17. The number of carbonyl (C=O) groups is 1. The van der Waals surface area contributed by atoms with Gasteiger partial charge in [0.15, 0.2) is 0 Å². The molecular formula is C12H25O8P. The number of unbranched alkanes of at least 4 members (excludes halogenated alkanes) is 2. The normalized spacial score (nSPS) is 17.0. The monoisotopic (exact) mass is 328 g/mol. The average Bonchev–Trinajstić information content (AvgIpc) is 2.43. The van der Waals surface area contributed by atoms with Crippen LogP contribution in [0, 0.1) is 0 Å². The molecule has 0 aromatic heterocycles. The van der Waals surface area contributed by atoms with Crippen LogP contribution in [0.15, 0.2) is 0 Å². The molecule has 0 aliphatic heterocycles. The number of ether oxygens (including phenoxy) is 1. The van der Waals surface area contributed by atoms with Crippen LogP contribution in [0.4, 0.5) is 0 Å². The number of aliphatic hydroxyl groups excluding tert-OH is 2. The summed E-state index contributed by atoms with van der Waals surface area (Å²) in [5, 5.41) is 17.5. The third kappa shape index (κ3) is 11.8. The zero-order chi connectivity index (χ0) is 16.3. The number of phosphoric ester groups is 1. The van der Waals surface area contributed by atoms with E-state index in [1.54, 1.807) is 0 Å². The van der Waals surface area contributed by atoms with Crippen LogP contribution >= 0.6 is 7.82 Å². The number of carbonyl (C=O) groups excluding carboxylic acids is 1. The van der Waals surface area contributed by atoms with Crippen LogP contribution in [0.2, 0.25) is 0 Å². The van der Waals surface area contributed by atoms with Gasteiger partial charge < -0.3 is 19.8 Å². The van der Waals surface area contributed by atoms with Gasteiger partial charge in [-0.25, -0.2) is 4.57 Å². The highest BCUT2D eigenvalue weighted by Gasteiger charge is 2.24. The van der Waals surface area contributed by atoms with Gasteiger partial charge in [0.25, 0.3) is 0 Å². The maximum Gasteiger partial charge on any atom is 0.472 e. The molecule has 0 amide bonds. The minimum absolute atomic E-state index is 0.300. The summed E-state index contributed by atoms with van der Waals surface area (Å²) in [5.41, 5.74) is 0. The van der Waals surface area contributed by atoms with Crippen molar-refractivity contribution in [2.45, 2.75) is 51.7 Å². The molecule has 0 rings (SSSR count). The first kappa shape index (κ1) is 20.5. The first-order valence-corrected chi connectivity index (χ1v) is 8.40. The van der Waals surface area contributed by atoms with Crippen molar-refractivity contribution < 1.29 is 38.3 Å². The molecule has 0 spiro atoms. The first-order valence-electron chi connectivity index (χ1n) is 6.91. The van der Waals surface area contributed by atoms with E-state index < -0.39 is 33.2 Å². The van der Waals surface area contributed by atoms with E-state index in [0.717, 1.165) is 19.3 Å². The van der Waals surface area contributed by atoms with Crippen LogP contribution in [0.5, 0.6) is 0 Å². The van der Waals surface area contributed by atoms with Crippen LogP contribution in [0.25, 0.3) is 0 Å². The van der Waals surface area contributed by atoms with Crippen LogP contribution < -0.4 is 0 Å². The van der Waals surface area contributed by atoms with E-state index in [0.29, 0.717) is 6.42 Å². The van der Waals surface area contributed by atoms with E-state index >= 15 is 0 Å². The van der Waals surface area contributed by atoms with Crippen molar-refractivity contribution in [1.82, 2.24) is 0 Å². The fourth-order valence-corrected chi connectivity index (χ4v) is 2.14. The lowest BCUT2D eigenvalue weighted by atomic mass is 10.2. The van der Waals surface area contributed by atoms with Gasteiger partial charge in [-0.15, -0.1) is 0 Å². The van der Waals surface area contributed by atoms with E-state index in [2.05, 4.69) is 9.05 Å². The smallest absolute Gasteiger partial charge is 0.460 e. The minimum Gasteiger partial charge on any atom is -0.460 e. The Morgan fingerprint density at radius 3 is 2.43 bits per heavy atom. The number of phosphoric acid groups is 1. The molecule has 3 atom stereocenters. The Balaban J connectivity index is 3.91. The van der Waals surface area contributed by atoms with Crippen molar-refractivity contribution >= 4 is 13.8 Å². The summed E-state index contributed by atoms with van der Waals surface area (Å²) < 4.78 is 25.5. The topological polar surface area (TPSA) is 123 Å². The van der Waals surface area contributed by atoms with Gasteiger partial charge in [-0.2, -0.15) is 0 Å². The largest absolute Gasteiger partial charge is 0.472 e. The zero-order valence-electron chi connectivity index (χ0n) is 12.4. The third-order valence-electron chi connectivity index (χ3n) is 2.43. The summed E-state index contributed by atoms with van der Waals surface area (Å²) in [6, 6.07) is 0. The molecule has 3 N–H and O–H groups in total. The number of rotatable bonds is 12. The van der Waals surface area contributed by atoms with Crippen molar-refractivity contribution in [3.8, 4) is 0 Å². The maximum atomic E-state index is 11.4. The highest BCUT2D eigenvalue weighted by molar-refractivity contribution is 7.47. The molecule has 0 aromatic carbocycles. The fourth-order valence-electron chi connectivity index (χ4n) is 1.31. The van der Waals surface area contributed by atoms with Crippen molar-refractivity contribution in [2.24, 2.45) is 0 Å². The quantitative estimate of drug-likeness (QED) is 0.275. The highest BCUT2D eigenvalue weighted by atomic mass is 31.2. The van der Waals surface area contributed by atoms with Crippen molar-refractivity contribution in [1.29, 1.82) is 0 Å². The average molecular weight is 328 g/mol. The van der Waals surface area contributed by atoms with E-state index in [1.807, 2.05) is 6.92 Å². The molecule has 0 heterocycles. The van der Waals surface area contributed by atoms with E-state index in [4.69, 9.17) is 14.9 Å². The van der Waals surface area contributed by atoms with Gasteiger partial charge in [-0.1, -0.05) is 19.8 Å². The molecule has 0 bridgehead atoms. The first-order chi connectivity index (χ1) is 9.80. The zero-order valence-corrected chi connectivity index (χ0v) is 13.3. The molecule has 126 valence electrons. The number of hydrogen-bond donors (Lipinski definition) is 3. The number of hydrogen-bond acceptors (Lipinski definition) is 7. The second kappa shape index (κ2) is 11.1. The summed E-state index contributed by atoms with van der Waals surface area (Å²) in [4.78, 5) is 20.7. The molecular weight excluding hydrogens is 303 g/mol. The molecule has 0 saturated heterocycles. The second-order valence-corrected chi connectivity index (χ2v) is 6.11. The molecule has 8 nitrogen and oxygen atoms in total. The van der Waals surface area contributed by atoms with E-state index in [-0.39, 0.29) is 12.6 Å². The van der Waals surface area contributed by atoms with E-state index in [9.17, 15) is 14.3 Å². The Morgan fingerprint density at radius 1 is 1.24 bits per heavy atom. The van der Waals surface area contributed by atoms with Gasteiger partial charge in [0.1, 0.15) is 12.2 Å². The fraction of sp³-hybridized carbons (Fsp3) is 0.917. The van der Waals surface area contributed by atoms with E-state index in [1.165, 1.54) is 6.92 Å². The van der Waals surface area contributed by atoms with Gasteiger partial charge in [-0.3, -0.25) is 13.8 Å². The van der Waals surface area contributed by atoms with Crippen LogP contribution in [-0.2, 0) is 23.1 Å². The lowest BCUT2D eigenvalue weighted by Crippen LogP contribution is -2.21. The molecule has 0 aliphatic rings. The molecule has 0 radical (unpaired) electrons. The summed E-state index contributed by atoms with van der Waals surface area (Å²) in [6.07, 6.45) is 1.02.